The number of carbonyl (C=O) groups is 1. The molecule has 2 aromatic carbocycles. The van der Waals surface area contributed by atoms with E-state index in [4.69, 9.17) is 0 Å². The number of ether oxygens (including phenoxy) is 1. The number of halogens is 1. The first-order chi connectivity index (χ1) is 9.69. The molecule has 0 radical (unpaired) electrons. The predicted octanol–water partition coefficient (Wildman–Crippen LogP) is 3.06. The number of rotatable bonds is 4. The summed E-state index contributed by atoms with van der Waals surface area (Å²) < 4.78 is 17.3. The first kappa shape index (κ1) is 13.7. The zero-order chi connectivity index (χ0) is 14.4. The van der Waals surface area contributed by atoms with E-state index in [0.717, 1.165) is 5.56 Å². The van der Waals surface area contributed by atoms with Crippen molar-refractivity contribution in [3.05, 3.63) is 65.5 Å². The van der Waals surface area contributed by atoms with Gasteiger partial charge in [-0.1, -0.05) is 12.1 Å². The Bertz CT molecular complexity index is 607. The molecule has 0 aromatic heterocycles. The van der Waals surface area contributed by atoms with Gasteiger partial charge in [0.25, 0.3) is 0 Å². The Morgan fingerprint density at radius 2 is 1.80 bits per heavy atom. The predicted molar refractivity (Wildman–Crippen MR) is 75.4 cm³/mol. The largest absolute Gasteiger partial charge is 0.465 e. The highest BCUT2D eigenvalue weighted by molar-refractivity contribution is 5.90. The van der Waals surface area contributed by atoms with Gasteiger partial charge in [-0.15, -0.1) is 0 Å². The number of hydrazone groups is 1. The van der Waals surface area contributed by atoms with Crippen LogP contribution in [0.2, 0.25) is 0 Å². The minimum absolute atomic E-state index is 0.294. The average molecular weight is 272 g/mol. The average Bonchev–Trinajstić information content (AvgIpc) is 2.49. The summed E-state index contributed by atoms with van der Waals surface area (Å²) in [6, 6.07) is 12.7. The molecular weight excluding hydrogens is 259 g/mol. The van der Waals surface area contributed by atoms with Gasteiger partial charge < -0.3 is 4.74 Å². The summed E-state index contributed by atoms with van der Waals surface area (Å²) in [7, 11) is 1.34. The van der Waals surface area contributed by atoms with Gasteiger partial charge >= 0.3 is 5.97 Å². The number of benzene rings is 2. The first-order valence-electron chi connectivity index (χ1n) is 5.92. The topological polar surface area (TPSA) is 50.7 Å². The fourth-order valence-corrected chi connectivity index (χ4v) is 1.53. The van der Waals surface area contributed by atoms with Crippen molar-refractivity contribution < 1.29 is 13.9 Å². The van der Waals surface area contributed by atoms with Crippen molar-refractivity contribution in [1.82, 2.24) is 0 Å². The van der Waals surface area contributed by atoms with E-state index in [1.165, 1.54) is 19.2 Å². The molecule has 0 aliphatic rings. The Morgan fingerprint density at radius 1 is 1.15 bits per heavy atom. The Kier molecular flexibility index (Phi) is 4.44. The van der Waals surface area contributed by atoms with Crippen molar-refractivity contribution in [2.45, 2.75) is 0 Å². The molecule has 102 valence electrons. The van der Waals surface area contributed by atoms with Crippen molar-refractivity contribution in [3.8, 4) is 0 Å². The second-order valence-electron chi connectivity index (χ2n) is 3.99. The van der Waals surface area contributed by atoms with Crippen molar-refractivity contribution in [1.29, 1.82) is 0 Å². The molecule has 0 aliphatic carbocycles. The van der Waals surface area contributed by atoms with Crippen LogP contribution in [-0.2, 0) is 4.74 Å². The van der Waals surface area contributed by atoms with E-state index in [2.05, 4.69) is 15.3 Å². The van der Waals surface area contributed by atoms with Crippen molar-refractivity contribution in [3.63, 3.8) is 0 Å². The fraction of sp³-hybridized carbons (Fsp3) is 0.0667. The molecular formula is C15H13FN2O2. The van der Waals surface area contributed by atoms with Crippen LogP contribution in [0.15, 0.2) is 53.6 Å². The second kappa shape index (κ2) is 6.47. The molecule has 0 saturated heterocycles. The maximum Gasteiger partial charge on any atom is 0.337 e. The minimum atomic E-state index is -0.377. The van der Waals surface area contributed by atoms with Crippen LogP contribution >= 0.6 is 0 Å². The van der Waals surface area contributed by atoms with Gasteiger partial charge in [0, 0.05) is 0 Å². The highest BCUT2D eigenvalue weighted by Crippen LogP contribution is 2.08. The lowest BCUT2D eigenvalue weighted by Gasteiger charge is -2.00. The van der Waals surface area contributed by atoms with E-state index in [-0.39, 0.29) is 11.8 Å². The molecule has 2 aromatic rings. The summed E-state index contributed by atoms with van der Waals surface area (Å²) in [5.41, 5.74) is 4.78. The standard InChI is InChI=1S/C15H13FN2O2/c1-20-15(19)12-4-2-11(3-5-12)10-17-18-14-8-6-13(16)7-9-14/h2-10,18H,1H3. The summed E-state index contributed by atoms with van der Waals surface area (Å²) in [5.74, 6) is -0.671. The zero-order valence-corrected chi connectivity index (χ0v) is 10.8. The number of methoxy groups -OCH3 is 1. The van der Waals surface area contributed by atoms with Crippen LogP contribution < -0.4 is 5.43 Å². The van der Waals surface area contributed by atoms with Crippen LogP contribution in [0.1, 0.15) is 15.9 Å². The molecule has 0 saturated carbocycles. The van der Waals surface area contributed by atoms with E-state index < -0.39 is 0 Å². The zero-order valence-electron chi connectivity index (χ0n) is 10.8. The third kappa shape index (κ3) is 3.65. The maximum absolute atomic E-state index is 12.7. The molecule has 0 amide bonds. The molecule has 5 heteroatoms. The Labute approximate surface area is 115 Å². The molecule has 0 atom stereocenters. The molecule has 0 unspecified atom stereocenters. The third-order valence-electron chi connectivity index (χ3n) is 2.58. The lowest BCUT2D eigenvalue weighted by atomic mass is 10.1. The number of nitrogens with zero attached hydrogens (tertiary/aromatic N) is 1. The normalized spacial score (nSPS) is 10.5. The third-order valence-corrected chi connectivity index (χ3v) is 2.58. The highest BCUT2D eigenvalue weighted by Gasteiger charge is 2.03. The lowest BCUT2D eigenvalue weighted by Crippen LogP contribution is -2.00. The minimum Gasteiger partial charge on any atom is -0.465 e. The molecule has 0 aliphatic heterocycles. The SMILES string of the molecule is COC(=O)c1ccc(C=NNc2ccc(F)cc2)cc1. The Morgan fingerprint density at radius 3 is 2.40 bits per heavy atom. The van der Waals surface area contributed by atoms with Crippen LogP contribution in [0.5, 0.6) is 0 Å². The van der Waals surface area contributed by atoms with Gasteiger partial charge in [-0.3, -0.25) is 5.43 Å². The van der Waals surface area contributed by atoms with Gasteiger partial charge in [0.05, 0.1) is 24.6 Å². The van der Waals surface area contributed by atoms with E-state index >= 15 is 0 Å². The fourth-order valence-electron chi connectivity index (χ4n) is 1.53. The van der Waals surface area contributed by atoms with Crippen LogP contribution in [0.25, 0.3) is 0 Å². The van der Waals surface area contributed by atoms with Gasteiger partial charge in [-0.25, -0.2) is 9.18 Å². The number of carbonyl (C=O) groups excluding carboxylic acids is 1. The number of esters is 1. The summed E-state index contributed by atoms with van der Waals surface area (Å²) in [5, 5.41) is 4.02. The van der Waals surface area contributed by atoms with E-state index in [0.29, 0.717) is 11.3 Å². The Balaban J connectivity index is 1.97. The first-order valence-corrected chi connectivity index (χ1v) is 5.92. The smallest absolute Gasteiger partial charge is 0.337 e. The van der Waals surface area contributed by atoms with Gasteiger partial charge in [0.1, 0.15) is 5.82 Å². The van der Waals surface area contributed by atoms with Gasteiger partial charge in [0.2, 0.25) is 0 Å². The molecule has 0 spiro atoms. The van der Waals surface area contributed by atoms with Crippen LogP contribution in [-0.4, -0.2) is 19.3 Å². The molecule has 0 fully saturated rings. The molecule has 1 N–H and O–H groups in total. The molecule has 4 nitrogen and oxygen atoms in total. The van der Waals surface area contributed by atoms with E-state index in [9.17, 15) is 9.18 Å². The second-order valence-corrected chi connectivity index (χ2v) is 3.99. The molecule has 20 heavy (non-hydrogen) atoms. The molecule has 0 heterocycles. The Hall–Kier alpha value is -2.69. The van der Waals surface area contributed by atoms with E-state index in [1.54, 1.807) is 42.6 Å². The summed E-state index contributed by atoms with van der Waals surface area (Å²) >= 11 is 0. The van der Waals surface area contributed by atoms with Crippen LogP contribution in [0, 0.1) is 5.82 Å². The quantitative estimate of drug-likeness (QED) is 0.528. The van der Waals surface area contributed by atoms with Gasteiger partial charge in [-0.05, 0) is 42.0 Å². The monoisotopic (exact) mass is 272 g/mol. The molecule has 0 bridgehead atoms. The highest BCUT2D eigenvalue weighted by atomic mass is 19.1. The van der Waals surface area contributed by atoms with Crippen LogP contribution in [0.4, 0.5) is 10.1 Å². The lowest BCUT2D eigenvalue weighted by molar-refractivity contribution is 0.0600. The maximum atomic E-state index is 12.7. The molecule has 2 rings (SSSR count). The number of anilines is 1. The summed E-state index contributed by atoms with van der Waals surface area (Å²) in [6.45, 7) is 0. The van der Waals surface area contributed by atoms with Gasteiger partial charge in [-0.2, -0.15) is 5.10 Å². The number of hydrogen-bond donors (Lipinski definition) is 1. The van der Waals surface area contributed by atoms with Crippen LogP contribution in [0.3, 0.4) is 0 Å². The van der Waals surface area contributed by atoms with E-state index in [1.807, 2.05) is 0 Å². The van der Waals surface area contributed by atoms with Crippen molar-refractivity contribution in [2.75, 3.05) is 12.5 Å². The summed E-state index contributed by atoms with van der Waals surface area (Å²) in [4.78, 5) is 11.3. The van der Waals surface area contributed by atoms with Gasteiger partial charge in [0.15, 0.2) is 0 Å². The number of nitrogens with one attached hydrogen (secondary N) is 1. The van der Waals surface area contributed by atoms with Crippen molar-refractivity contribution >= 4 is 17.9 Å². The number of hydrogen-bond acceptors (Lipinski definition) is 4. The van der Waals surface area contributed by atoms with Crippen molar-refractivity contribution in [2.24, 2.45) is 5.10 Å². The summed E-state index contributed by atoms with van der Waals surface area (Å²) in [6.07, 6.45) is 1.60.